The van der Waals surface area contributed by atoms with Gasteiger partial charge in [-0.1, -0.05) is 0 Å². The van der Waals surface area contributed by atoms with Gasteiger partial charge in [-0.15, -0.1) is 0 Å². The van der Waals surface area contributed by atoms with Crippen LogP contribution < -0.4 is 5.32 Å². The van der Waals surface area contributed by atoms with E-state index < -0.39 is 0 Å². The second-order valence-corrected chi connectivity index (χ2v) is 4.22. The van der Waals surface area contributed by atoms with Crippen LogP contribution in [0.3, 0.4) is 0 Å². The molecule has 0 bridgehead atoms. The van der Waals surface area contributed by atoms with E-state index in [9.17, 15) is 4.79 Å². The maximum atomic E-state index is 11.7. The van der Waals surface area contributed by atoms with Gasteiger partial charge in [0.05, 0.1) is 6.20 Å². The first-order chi connectivity index (χ1) is 7.75. The zero-order chi connectivity index (χ0) is 11.4. The lowest BCUT2D eigenvalue weighted by Crippen LogP contribution is -2.31. The van der Waals surface area contributed by atoms with Crippen molar-refractivity contribution in [3.8, 4) is 0 Å². The Kier molecular flexibility index (Phi) is 3.46. The van der Waals surface area contributed by atoms with Crippen LogP contribution >= 0.6 is 0 Å². The van der Waals surface area contributed by atoms with Crippen LogP contribution in [0.15, 0.2) is 18.6 Å². The fourth-order valence-corrected chi connectivity index (χ4v) is 1.94. The molecule has 0 saturated carbocycles. The van der Waals surface area contributed by atoms with Gasteiger partial charge in [0.2, 0.25) is 0 Å². The predicted octanol–water partition coefficient (Wildman–Crippen LogP) is 0.158. The molecule has 1 amide bonds. The second-order valence-electron chi connectivity index (χ2n) is 4.22. The number of nitrogens with zero attached hydrogens (tertiary/aromatic N) is 3. The average Bonchev–Trinajstić information content (AvgIpc) is 2.73. The third-order valence-corrected chi connectivity index (χ3v) is 2.84. The molecule has 0 aromatic carbocycles. The van der Waals surface area contributed by atoms with Gasteiger partial charge in [0, 0.05) is 25.5 Å². The third-order valence-electron chi connectivity index (χ3n) is 2.84. The van der Waals surface area contributed by atoms with Crippen LogP contribution in [0.2, 0.25) is 0 Å². The van der Waals surface area contributed by atoms with Gasteiger partial charge in [0.1, 0.15) is 5.69 Å². The molecule has 2 heterocycles. The molecule has 1 saturated heterocycles. The minimum atomic E-state index is -0.136. The zero-order valence-electron chi connectivity index (χ0n) is 9.39. The van der Waals surface area contributed by atoms with Crippen LogP contribution in [0.25, 0.3) is 0 Å². The maximum absolute atomic E-state index is 11.7. The summed E-state index contributed by atoms with van der Waals surface area (Å²) in [5, 5.41) is 2.89. The molecule has 1 aliphatic heterocycles. The van der Waals surface area contributed by atoms with Gasteiger partial charge >= 0.3 is 0 Å². The van der Waals surface area contributed by atoms with Crippen molar-refractivity contribution >= 4 is 5.91 Å². The van der Waals surface area contributed by atoms with Crippen molar-refractivity contribution in [1.82, 2.24) is 20.2 Å². The SMILES string of the molecule is CN1CCC(CNC(=O)c2cnccn2)C1. The van der Waals surface area contributed by atoms with Gasteiger partial charge in [-0.3, -0.25) is 9.78 Å². The summed E-state index contributed by atoms with van der Waals surface area (Å²) in [6, 6.07) is 0. The molecule has 0 spiro atoms. The number of carbonyl (C=O) groups excluding carboxylic acids is 1. The van der Waals surface area contributed by atoms with Gasteiger partial charge in [0.15, 0.2) is 0 Å². The van der Waals surface area contributed by atoms with Crippen molar-refractivity contribution in [3.63, 3.8) is 0 Å². The van der Waals surface area contributed by atoms with E-state index in [1.54, 1.807) is 6.20 Å². The number of carbonyl (C=O) groups is 1. The summed E-state index contributed by atoms with van der Waals surface area (Å²) >= 11 is 0. The topological polar surface area (TPSA) is 58.1 Å². The molecule has 0 aliphatic carbocycles. The molecule has 1 N–H and O–H groups in total. The molecule has 5 heteroatoms. The molecule has 1 fully saturated rings. The first-order valence-electron chi connectivity index (χ1n) is 5.48. The number of hydrogen-bond donors (Lipinski definition) is 1. The lowest BCUT2D eigenvalue weighted by Gasteiger charge is -2.11. The highest BCUT2D eigenvalue weighted by molar-refractivity contribution is 5.91. The van der Waals surface area contributed by atoms with E-state index in [4.69, 9.17) is 0 Å². The number of amides is 1. The lowest BCUT2D eigenvalue weighted by atomic mass is 10.1. The summed E-state index contributed by atoms with van der Waals surface area (Å²) in [5.41, 5.74) is 0.383. The molecule has 86 valence electrons. The lowest BCUT2D eigenvalue weighted by molar-refractivity contribution is 0.0942. The highest BCUT2D eigenvalue weighted by Gasteiger charge is 2.20. The summed E-state index contributed by atoms with van der Waals surface area (Å²) in [7, 11) is 2.10. The average molecular weight is 220 g/mol. The smallest absolute Gasteiger partial charge is 0.271 e. The van der Waals surface area contributed by atoms with Gasteiger partial charge < -0.3 is 10.2 Å². The molecule has 5 nitrogen and oxygen atoms in total. The summed E-state index contributed by atoms with van der Waals surface area (Å²) in [6.45, 7) is 2.90. The fourth-order valence-electron chi connectivity index (χ4n) is 1.94. The van der Waals surface area contributed by atoms with Crippen molar-refractivity contribution in [2.45, 2.75) is 6.42 Å². The number of nitrogens with one attached hydrogen (secondary N) is 1. The van der Waals surface area contributed by atoms with Crippen LogP contribution in [0.5, 0.6) is 0 Å². The summed E-state index contributed by atoms with van der Waals surface area (Å²) in [5.74, 6) is 0.424. The van der Waals surface area contributed by atoms with Crippen LogP contribution in [-0.2, 0) is 0 Å². The minimum absolute atomic E-state index is 0.136. The molecular weight excluding hydrogens is 204 g/mol. The Morgan fingerprint density at radius 1 is 1.62 bits per heavy atom. The molecule has 1 aliphatic rings. The van der Waals surface area contributed by atoms with Crippen molar-refractivity contribution in [2.75, 3.05) is 26.7 Å². The van der Waals surface area contributed by atoms with E-state index in [-0.39, 0.29) is 5.91 Å². The molecular formula is C11H16N4O. The minimum Gasteiger partial charge on any atom is -0.350 e. The Bertz CT molecular complexity index is 354. The number of hydrogen-bond acceptors (Lipinski definition) is 4. The first kappa shape index (κ1) is 11.0. The third kappa shape index (κ3) is 2.76. The standard InChI is InChI=1S/C11H16N4O/c1-15-5-2-9(8-15)6-14-11(16)10-7-12-3-4-13-10/h3-4,7,9H,2,5-6,8H2,1H3,(H,14,16). The molecule has 1 atom stereocenters. The quantitative estimate of drug-likeness (QED) is 0.788. The van der Waals surface area contributed by atoms with Crippen molar-refractivity contribution in [3.05, 3.63) is 24.3 Å². The molecule has 1 aromatic rings. The van der Waals surface area contributed by atoms with Crippen LogP contribution in [-0.4, -0.2) is 47.5 Å². The number of aromatic nitrogens is 2. The largest absolute Gasteiger partial charge is 0.350 e. The Morgan fingerprint density at radius 2 is 2.50 bits per heavy atom. The monoisotopic (exact) mass is 220 g/mol. The van der Waals surface area contributed by atoms with E-state index in [1.165, 1.54) is 12.4 Å². The Balaban J connectivity index is 1.80. The summed E-state index contributed by atoms with van der Waals surface area (Å²) < 4.78 is 0. The normalized spacial score (nSPS) is 20.9. The van der Waals surface area contributed by atoms with Crippen molar-refractivity contribution < 1.29 is 4.79 Å². The van der Waals surface area contributed by atoms with Gasteiger partial charge in [-0.2, -0.15) is 0 Å². The maximum Gasteiger partial charge on any atom is 0.271 e. The fraction of sp³-hybridized carbons (Fsp3) is 0.545. The zero-order valence-corrected chi connectivity index (χ0v) is 9.39. The van der Waals surface area contributed by atoms with E-state index in [2.05, 4.69) is 27.2 Å². The molecule has 2 rings (SSSR count). The summed E-state index contributed by atoms with van der Waals surface area (Å²) in [4.78, 5) is 21.8. The predicted molar refractivity (Wildman–Crippen MR) is 60.0 cm³/mol. The highest BCUT2D eigenvalue weighted by Crippen LogP contribution is 2.12. The Morgan fingerprint density at radius 3 is 3.12 bits per heavy atom. The first-order valence-corrected chi connectivity index (χ1v) is 5.48. The molecule has 1 aromatic heterocycles. The second kappa shape index (κ2) is 5.03. The van der Waals surface area contributed by atoms with Gasteiger partial charge in [-0.25, -0.2) is 4.98 Å². The van der Waals surface area contributed by atoms with E-state index in [0.29, 0.717) is 11.6 Å². The Hall–Kier alpha value is -1.49. The van der Waals surface area contributed by atoms with Crippen LogP contribution in [0.1, 0.15) is 16.9 Å². The number of likely N-dealkylation sites (tertiary alicyclic amines) is 1. The van der Waals surface area contributed by atoms with Gasteiger partial charge in [0.25, 0.3) is 5.91 Å². The van der Waals surface area contributed by atoms with E-state index in [1.807, 2.05) is 0 Å². The van der Waals surface area contributed by atoms with Gasteiger partial charge in [-0.05, 0) is 25.9 Å². The van der Waals surface area contributed by atoms with Crippen molar-refractivity contribution in [1.29, 1.82) is 0 Å². The molecule has 1 unspecified atom stereocenters. The Labute approximate surface area is 94.9 Å². The summed E-state index contributed by atoms with van der Waals surface area (Å²) in [6.07, 6.45) is 5.72. The van der Waals surface area contributed by atoms with E-state index >= 15 is 0 Å². The van der Waals surface area contributed by atoms with E-state index in [0.717, 1.165) is 26.1 Å². The van der Waals surface area contributed by atoms with Crippen LogP contribution in [0, 0.1) is 5.92 Å². The highest BCUT2D eigenvalue weighted by atomic mass is 16.1. The molecule has 0 radical (unpaired) electrons. The number of rotatable bonds is 3. The van der Waals surface area contributed by atoms with Crippen molar-refractivity contribution in [2.24, 2.45) is 5.92 Å². The van der Waals surface area contributed by atoms with Crippen LogP contribution in [0.4, 0.5) is 0 Å². The molecule has 16 heavy (non-hydrogen) atoms.